The highest BCUT2D eigenvalue weighted by atomic mass is 79.9. The van der Waals surface area contributed by atoms with E-state index in [1.807, 2.05) is 13.8 Å². The number of carboxylic acids is 1. The van der Waals surface area contributed by atoms with Crippen molar-refractivity contribution < 1.29 is 9.90 Å². The molecule has 1 heterocycles. The zero-order valence-electron chi connectivity index (χ0n) is 10.4. The summed E-state index contributed by atoms with van der Waals surface area (Å²) in [7, 11) is 1.32. The molecule has 1 rings (SSSR count). The van der Waals surface area contributed by atoms with Crippen LogP contribution in [0.25, 0.3) is 0 Å². The zero-order valence-corrected chi connectivity index (χ0v) is 12.0. The summed E-state index contributed by atoms with van der Waals surface area (Å²) in [5.74, 6) is -0.967. The van der Waals surface area contributed by atoms with E-state index in [0.29, 0.717) is 6.42 Å². The second kappa shape index (κ2) is 5.51. The monoisotopic (exact) mass is 318 g/mol. The predicted molar refractivity (Wildman–Crippen MR) is 69.8 cm³/mol. The summed E-state index contributed by atoms with van der Waals surface area (Å²) in [5.41, 5.74) is -1.11. The minimum Gasteiger partial charge on any atom is -0.480 e. The van der Waals surface area contributed by atoms with E-state index in [1.54, 1.807) is 0 Å². The van der Waals surface area contributed by atoms with E-state index in [4.69, 9.17) is 0 Å². The summed E-state index contributed by atoms with van der Waals surface area (Å²) in [5, 5.41) is 9.19. The Labute approximate surface area is 112 Å². The van der Waals surface area contributed by atoms with Gasteiger partial charge in [-0.15, -0.1) is 0 Å². The Kier molecular flexibility index (Phi) is 4.50. The number of rotatable bonds is 4. The standard InChI is InChI=1S/C11H15BrN2O4/c1-6(2)4-8(10(16)17)14-5-7(12)9(15)13(3)11(14)18/h5-6,8H,4H2,1-3H3,(H,16,17). The van der Waals surface area contributed by atoms with E-state index in [0.717, 1.165) is 9.13 Å². The van der Waals surface area contributed by atoms with Crippen LogP contribution in [0, 0.1) is 5.92 Å². The van der Waals surface area contributed by atoms with Crippen molar-refractivity contribution in [2.75, 3.05) is 0 Å². The second-order valence-electron chi connectivity index (χ2n) is 4.51. The van der Waals surface area contributed by atoms with Gasteiger partial charge in [0.05, 0.1) is 4.47 Å². The molecule has 7 heteroatoms. The first-order valence-corrected chi connectivity index (χ1v) is 6.25. The summed E-state index contributed by atoms with van der Waals surface area (Å²) in [4.78, 5) is 34.7. The molecule has 0 aliphatic rings. The molecule has 1 N–H and O–H groups in total. The number of aliphatic carboxylic acids is 1. The third-order valence-electron chi connectivity index (χ3n) is 2.58. The first-order chi connectivity index (χ1) is 8.25. The van der Waals surface area contributed by atoms with Gasteiger partial charge in [0.1, 0.15) is 6.04 Å². The van der Waals surface area contributed by atoms with E-state index in [2.05, 4.69) is 15.9 Å². The highest BCUT2D eigenvalue weighted by Crippen LogP contribution is 2.17. The van der Waals surface area contributed by atoms with E-state index < -0.39 is 23.3 Å². The van der Waals surface area contributed by atoms with Crippen molar-refractivity contribution in [1.82, 2.24) is 9.13 Å². The fraction of sp³-hybridized carbons (Fsp3) is 0.545. The van der Waals surface area contributed by atoms with E-state index in [1.165, 1.54) is 13.2 Å². The first kappa shape index (κ1) is 14.7. The van der Waals surface area contributed by atoms with Gasteiger partial charge in [-0.3, -0.25) is 13.9 Å². The molecular weight excluding hydrogens is 304 g/mol. The van der Waals surface area contributed by atoms with Gasteiger partial charge < -0.3 is 5.11 Å². The number of hydrogen-bond donors (Lipinski definition) is 1. The second-order valence-corrected chi connectivity index (χ2v) is 5.37. The van der Waals surface area contributed by atoms with Crippen molar-refractivity contribution in [3.63, 3.8) is 0 Å². The molecule has 100 valence electrons. The van der Waals surface area contributed by atoms with Gasteiger partial charge in [-0.1, -0.05) is 13.8 Å². The van der Waals surface area contributed by atoms with Gasteiger partial charge in [0.2, 0.25) is 0 Å². The number of halogens is 1. The first-order valence-electron chi connectivity index (χ1n) is 5.46. The van der Waals surface area contributed by atoms with E-state index in [-0.39, 0.29) is 10.4 Å². The van der Waals surface area contributed by atoms with Crippen LogP contribution < -0.4 is 11.2 Å². The summed E-state index contributed by atoms with van der Waals surface area (Å²) in [6, 6.07) is -0.972. The minimum atomic E-state index is -1.09. The van der Waals surface area contributed by atoms with Crippen molar-refractivity contribution in [1.29, 1.82) is 0 Å². The van der Waals surface area contributed by atoms with E-state index in [9.17, 15) is 19.5 Å². The van der Waals surface area contributed by atoms with Gasteiger partial charge in [0.25, 0.3) is 5.56 Å². The lowest BCUT2D eigenvalue weighted by Gasteiger charge is -2.18. The lowest BCUT2D eigenvalue weighted by atomic mass is 10.0. The lowest BCUT2D eigenvalue weighted by Crippen LogP contribution is -2.41. The molecule has 0 fully saturated rings. The molecule has 0 aromatic carbocycles. The average Bonchev–Trinajstić information content (AvgIpc) is 2.28. The van der Waals surface area contributed by atoms with Crippen LogP contribution in [0.2, 0.25) is 0 Å². The molecule has 0 radical (unpaired) electrons. The Balaban J connectivity index is 3.43. The summed E-state index contributed by atoms with van der Waals surface area (Å²) in [6.45, 7) is 3.75. The summed E-state index contributed by atoms with van der Waals surface area (Å²) >= 11 is 3.03. The van der Waals surface area contributed by atoms with Crippen LogP contribution in [-0.4, -0.2) is 20.2 Å². The maximum Gasteiger partial charge on any atom is 0.331 e. The minimum absolute atomic E-state index is 0.119. The van der Waals surface area contributed by atoms with E-state index >= 15 is 0 Å². The molecule has 1 unspecified atom stereocenters. The van der Waals surface area contributed by atoms with Crippen molar-refractivity contribution in [3.05, 3.63) is 31.5 Å². The van der Waals surface area contributed by atoms with Crippen molar-refractivity contribution >= 4 is 21.9 Å². The molecule has 0 aliphatic heterocycles. The number of carbonyl (C=O) groups is 1. The third-order valence-corrected chi connectivity index (χ3v) is 3.13. The molecular formula is C11H15BrN2O4. The molecule has 0 saturated heterocycles. The Morgan fingerprint density at radius 2 is 2.00 bits per heavy atom. The maximum absolute atomic E-state index is 11.9. The van der Waals surface area contributed by atoms with Gasteiger partial charge >= 0.3 is 11.7 Å². The van der Waals surface area contributed by atoms with Crippen molar-refractivity contribution in [3.8, 4) is 0 Å². The third kappa shape index (κ3) is 2.90. The van der Waals surface area contributed by atoms with Crippen LogP contribution in [0.1, 0.15) is 26.3 Å². The van der Waals surface area contributed by atoms with Gasteiger partial charge in [-0.05, 0) is 28.3 Å². The SMILES string of the molecule is CC(C)CC(C(=O)O)n1cc(Br)c(=O)n(C)c1=O. The maximum atomic E-state index is 11.9. The Hall–Kier alpha value is -1.37. The fourth-order valence-electron chi connectivity index (χ4n) is 1.66. The molecule has 6 nitrogen and oxygen atoms in total. The molecule has 18 heavy (non-hydrogen) atoms. The Morgan fingerprint density at radius 3 is 2.44 bits per heavy atom. The number of aromatic nitrogens is 2. The smallest absolute Gasteiger partial charge is 0.331 e. The van der Waals surface area contributed by atoms with Crippen molar-refractivity contribution in [2.24, 2.45) is 13.0 Å². The van der Waals surface area contributed by atoms with Gasteiger partial charge in [0.15, 0.2) is 0 Å². The highest BCUT2D eigenvalue weighted by Gasteiger charge is 2.23. The predicted octanol–water partition coefficient (Wildman–Crippen LogP) is 0.981. The van der Waals surface area contributed by atoms with Crippen LogP contribution in [0.15, 0.2) is 20.3 Å². The van der Waals surface area contributed by atoms with Crippen molar-refractivity contribution in [2.45, 2.75) is 26.3 Å². The van der Waals surface area contributed by atoms with Crippen LogP contribution in [-0.2, 0) is 11.8 Å². The number of carboxylic acid groups (broad SMARTS) is 1. The van der Waals surface area contributed by atoms with Crippen LogP contribution >= 0.6 is 15.9 Å². The quantitative estimate of drug-likeness (QED) is 0.897. The molecule has 1 aromatic heterocycles. The molecule has 0 amide bonds. The largest absolute Gasteiger partial charge is 0.480 e. The van der Waals surface area contributed by atoms with Gasteiger partial charge in [0, 0.05) is 13.2 Å². The molecule has 0 aliphatic carbocycles. The van der Waals surface area contributed by atoms with Crippen LogP contribution in [0.3, 0.4) is 0 Å². The Morgan fingerprint density at radius 1 is 1.44 bits per heavy atom. The molecule has 1 atom stereocenters. The number of hydrogen-bond acceptors (Lipinski definition) is 3. The molecule has 1 aromatic rings. The van der Waals surface area contributed by atoms with Crippen LogP contribution in [0.4, 0.5) is 0 Å². The average molecular weight is 319 g/mol. The van der Waals surface area contributed by atoms with Crippen LogP contribution in [0.5, 0.6) is 0 Å². The number of nitrogens with zero attached hydrogens (tertiary/aromatic N) is 2. The summed E-state index contributed by atoms with van der Waals surface area (Å²) < 4.78 is 2.13. The van der Waals surface area contributed by atoms with Gasteiger partial charge in [-0.25, -0.2) is 9.59 Å². The molecule has 0 bridgehead atoms. The lowest BCUT2D eigenvalue weighted by molar-refractivity contribution is -0.141. The Bertz CT molecular complexity index is 573. The van der Waals surface area contributed by atoms with Gasteiger partial charge in [-0.2, -0.15) is 0 Å². The molecule has 0 spiro atoms. The zero-order chi connectivity index (χ0) is 14.0. The molecule has 0 saturated carbocycles. The summed E-state index contributed by atoms with van der Waals surface area (Å²) in [6.07, 6.45) is 1.56. The normalized spacial score (nSPS) is 12.7. The topological polar surface area (TPSA) is 81.3 Å². The fourth-order valence-corrected chi connectivity index (χ4v) is 2.14. The highest BCUT2D eigenvalue weighted by molar-refractivity contribution is 9.10.